The molecule has 28 heavy (non-hydrogen) atoms. The van der Waals surface area contributed by atoms with Crippen LogP contribution in [0.4, 0.5) is 0 Å². The van der Waals surface area contributed by atoms with Gasteiger partial charge in [-0.25, -0.2) is 0 Å². The molecular formula is C22H30N2O3S. The zero-order valence-corrected chi connectivity index (χ0v) is 17.7. The van der Waals surface area contributed by atoms with Crippen LogP contribution >= 0.6 is 11.3 Å². The van der Waals surface area contributed by atoms with E-state index in [0.29, 0.717) is 24.4 Å². The maximum atomic E-state index is 13.6. The second-order valence-electron chi connectivity index (χ2n) is 8.34. The minimum absolute atomic E-state index is 0.0312. The van der Waals surface area contributed by atoms with Crippen molar-refractivity contribution in [1.29, 1.82) is 0 Å². The van der Waals surface area contributed by atoms with Crippen LogP contribution in [0.1, 0.15) is 63.7 Å². The molecule has 1 saturated carbocycles. The predicted octanol–water partition coefficient (Wildman–Crippen LogP) is 4.05. The number of hydrogen-bond acceptors (Lipinski definition) is 5. The lowest BCUT2D eigenvalue weighted by molar-refractivity contribution is -0.141. The molecule has 1 aromatic rings. The topological polar surface area (TPSA) is 49.9 Å². The monoisotopic (exact) mass is 402 g/mol. The zero-order chi connectivity index (χ0) is 19.7. The summed E-state index contributed by atoms with van der Waals surface area (Å²) in [7, 11) is 0. The summed E-state index contributed by atoms with van der Waals surface area (Å²) < 4.78 is 5.87. The van der Waals surface area contributed by atoms with Crippen LogP contribution in [0, 0.1) is 0 Å². The Bertz CT molecular complexity index is 740. The summed E-state index contributed by atoms with van der Waals surface area (Å²) in [6.07, 6.45) is 7.79. The molecule has 2 atom stereocenters. The number of ether oxygens (including phenoxy) is 1. The fraction of sp³-hybridized carbons (Fsp3) is 0.636. The smallest absolute Gasteiger partial charge is 0.278 e. The molecule has 6 heteroatoms. The summed E-state index contributed by atoms with van der Waals surface area (Å²) in [5, 5.41) is 1.97. The van der Waals surface area contributed by atoms with Gasteiger partial charge in [0.2, 0.25) is 0 Å². The van der Waals surface area contributed by atoms with Gasteiger partial charge in [0, 0.05) is 24.0 Å². The predicted molar refractivity (Wildman–Crippen MR) is 111 cm³/mol. The van der Waals surface area contributed by atoms with Gasteiger partial charge in [0.1, 0.15) is 5.70 Å². The number of nitrogens with zero attached hydrogens (tertiary/aromatic N) is 2. The van der Waals surface area contributed by atoms with Crippen LogP contribution in [0.25, 0.3) is 5.57 Å². The first-order valence-electron chi connectivity index (χ1n) is 10.6. The molecule has 3 heterocycles. The average Bonchev–Trinajstić information content (AvgIpc) is 3.21. The van der Waals surface area contributed by atoms with Crippen molar-refractivity contribution in [3.63, 3.8) is 0 Å². The maximum Gasteiger partial charge on any atom is 0.278 e. The molecule has 0 radical (unpaired) electrons. The highest BCUT2D eigenvalue weighted by Crippen LogP contribution is 2.38. The SMILES string of the molecule is CC1CN(C2=C(c3cccs3)C(=O)N(C3CCCCCCC3)C2=O)CC(C)O1. The number of thiophene rings is 1. The highest BCUT2D eigenvalue weighted by Gasteiger charge is 2.45. The van der Waals surface area contributed by atoms with Crippen LogP contribution in [-0.4, -0.2) is 53.0 Å². The van der Waals surface area contributed by atoms with E-state index in [4.69, 9.17) is 4.74 Å². The van der Waals surface area contributed by atoms with E-state index >= 15 is 0 Å². The Balaban J connectivity index is 1.69. The highest BCUT2D eigenvalue weighted by molar-refractivity contribution is 7.11. The lowest BCUT2D eigenvalue weighted by atomic mass is 9.95. The number of carbonyl (C=O) groups is 2. The quantitative estimate of drug-likeness (QED) is 0.716. The van der Waals surface area contributed by atoms with Crippen LogP contribution in [-0.2, 0) is 14.3 Å². The summed E-state index contributed by atoms with van der Waals surface area (Å²) in [5.74, 6) is -0.194. The Morgan fingerprint density at radius 1 is 0.964 bits per heavy atom. The van der Waals surface area contributed by atoms with Gasteiger partial charge in [-0.05, 0) is 38.1 Å². The normalized spacial score (nSPS) is 28.1. The summed E-state index contributed by atoms with van der Waals surface area (Å²) in [4.78, 5) is 31.7. The molecule has 2 amide bonds. The third kappa shape index (κ3) is 3.77. The van der Waals surface area contributed by atoms with E-state index in [1.54, 1.807) is 4.90 Å². The number of carbonyl (C=O) groups excluding carboxylic acids is 2. The van der Waals surface area contributed by atoms with E-state index in [0.717, 1.165) is 30.6 Å². The molecule has 1 saturated heterocycles. The van der Waals surface area contributed by atoms with Crippen LogP contribution in [0.5, 0.6) is 0 Å². The Labute approximate surface area is 171 Å². The first-order chi connectivity index (χ1) is 13.6. The molecule has 152 valence electrons. The lowest BCUT2D eigenvalue weighted by Gasteiger charge is -2.37. The highest BCUT2D eigenvalue weighted by atomic mass is 32.1. The average molecular weight is 403 g/mol. The largest absolute Gasteiger partial charge is 0.372 e. The molecule has 4 rings (SSSR count). The number of rotatable bonds is 3. The van der Waals surface area contributed by atoms with Crippen molar-refractivity contribution < 1.29 is 14.3 Å². The third-order valence-electron chi connectivity index (χ3n) is 6.03. The molecule has 2 aliphatic heterocycles. The third-order valence-corrected chi connectivity index (χ3v) is 6.92. The fourth-order valence-corrected chi connectivity index (χ4v) is 5.62. The van der Waals surface area contributed by atoms with E-state index in [9.17, 15) is 9.59 Å². The zero-order valence-electron chi connectivity index (χ0n) is 16.9. The van der Waals surface area contributed by atoms with E-state index in [2.05, 4.69) is 4.90 Å². The maximum absolute atomic E-state index is 13.6. The summed E-state index contributed by atoms with van der Waals surface area (Å²) in [6, 6.07) is 3.94. The molecule has 0 N–H and O–H groups in total. The van der Waals surface area contributed by atoms with Gasteiger partial charge in [-0.3, -0.25) is 14.5 Å². The Morgan fingerprint density at radius 3 is 2.21 bits per heavy atom. The Kier molecular flexibility index (Phi) is 5.88. The number of imide groups is 1. The van der Waals surface area contributed by atoms with Crippen LogP contribution in [0.3, 0.4) is 0 Å². The molecule has 0 spiro atoms. The van der Waals surface area contributed by atoms with Gasteiger partial charge >= 0.3 is 0 Å². The van der Waals surface area contributed by atoms with Crippen molar-refractivity contribution in [3.8, 4) is 0 Å². The Hall–Kier alpha value is -1.66. The van der Waals surface area contributed by atoms with Gasteiger partial charge in [-0.1, -0.05) is 38.2 Å². The molecule has 2 unspecified atom stereocenters. The summed E-state index contributed by atoms with van der Waals surface area (Å²) in [5.41, 5.74) is 1.19. The molecule has 5 nitrogen and oxygen atoms in total. The summed E-state index contributed by atoms with van der Waals surface area (Å²) in [6.45, 7) is 5.35. The first kappa shape index (κ1) is 19.6. The second-order valence-corrected chi connectivity index (χ2v) is 9.29. The van der Waals surface area contributed by atoms with Gasteiger partial charge in [0.25, 0.3) is 11.8 Å². The number of amides is 2. The van der Waals surface area contributed by atoms with Crippen LogP contribution < -0.4 is 0 Å². The molecule has 1 aliphatic carbocycles. The van der Waals surface area contributed by atoms with Crippen LogP contribution in [0.2, 0.25) is 0 Å². The lowest BCUT2D eigenvalue weighted by Crippen LogP contribution is -2.48. The van der Waals surface area contributed by atoms with Crippen molar-refractivity contribution in [3.05, 3.63) is 28.1 Å². The van der Waals surface area contributed by atoms with Crippen molar-refractivity contribution in [1.82, 2.24) is 9.80 Å². The van der Waals surface area contributed by atoms with Crippen molar-refractivity contribution in [2.24, 2.45) is 0 Å². The molecule has 2 fully saturated rings. The molecule has 0 aromatic carbocycles. The van der Waals surface area contributed by atoms with Gasteiger partial charge in [0.15, 0.2) is 0 Å². The molecular weight excluding hydrogens is 372 g/mol. The minimum Gasteiger partial charge on any atom is -0.372 e. The summed E-state index contributed by atoms with van der Waals surface area (Å²) >= 11 is 1.54. The van der Waals surface area contributed by atoms with E-state index < -0.39 is 0 Å². The van der Waals surface area contributed by atoms with Gasteiger partial charge < -0.3 is 9.64 Å². The standard InChI is InChI=1S/C22H30N2O3S/c1-15-13-23(14-16(2)27-15)20-19(18-11-8-12-28-18)21(25)24(22(20)26)17-9-6-4-3-5-7-10-17/h8,11-12,15-17H,3-7,9-10,13-14H2,1-2H3. The van der Waals surface area contributed by atoms with Crippen molar-refractivity contribution >= 4 is 28.7 Å². The minimum atomic E-state index is -0.0974. The molecule has 0 bridgehead atoms. The van der Waals surface area contributed by atoms with E-state index in [-0.39, 0.29) is 30.1 Å². The van der Waals surface area contributed by atoms with Crippen LogP contribution in [0.15, 0.2) is 23.2 Å². The molecule has 3 aliphatic rings. The first-order valence-corrected chi connectivity index (χ1v) is 11.5. The van der Waals surface area contributed by atoms with Gasteiger partial charge in [-0.2, -0.15) is 0 Å². The second kappa shape index (κ2) is 8.37. The van der Waals surface area contributed by atoms with Crippen molar-refractivity contribution in [2.45, 2.75) is 77.0 Å². The Morgan fingerprint density at radius 2 is 1.61 bits per heavy atom. The number of hydrogen-bond donors (Lipinski definition) is 0. The number of morpholine rings is 1. The van der Waals surface area contributed by atoms with E-state index in [1.165, 1.54) is 30.6 Å². The molecule has 1 aromatic heterocycles. The van der Waals surface area contributed by atoms with Gasteiger partial charge in [-0.15, -0.1) is 11.3 Å². The van der Waals surface area contributed by atoms with Gasteiger partial charge in [0.05, 0.1) is 17.8 Å². The van der Waals surface area contributed by atoms with E-state index in [1.807, 2.05) is 31.4 Å². The fourth-order valence-electron chi connectivity index (χ4n) is 4.86. The van der Waals surface area contributed by atoms with Crippen molar-refractivity contribution in [2.75, 3.05) is 13.1 Å².